The van der Waals surface area contributed by atoms with Crippen LogP contribution in [0.1, 0.15) is 29.6 Å². The van der Waals surface area contributed by atoms with Crippen molar-refractivity contribution in [1.29, 1.82) is 0 Å². The second-order valence-electron chi connectivity index (χ2n) is 5.20. The van der Waals surface area contributed by atoms with E-state index < -0.39 is 0 Å². The minimum atomic E-state index is 0.0351. The Morgan fingerprint density at radius 2 is 2.05 bits per heavy atom. The molecule has 0 atom stereocenters. The molecule has 0 unspecified atom stereocenters. The Labute approximate surface area is 126 Å². The molecule has 0 radical (unpaired) electrons. The summed E-state index contributed by atoms with van der Waals surface area (Å²) in [6.07, 6.45) is 2.90. The van der Waals surface area contributed by atoms with E-state index in [0.29, 0.717) is 24.5 Å². The first-order valence-corrected chi connectivity index (χ1v) is 7.50. The smallest absolute Gasteiger partial charge is 0.257 e. The van der Waals surface area contributed by atoms with E-state index in [2.05, 4.69) is 0 Å². The Morgan fingerprint density at radius 3 is 2.71 bits per heavy atom. The van der Waals surface area contributed by atoms with Gasteiger partial charge in [-0.3, -0.25) is 4.79 Å². The lowest BCUT2D eigenvalue weighted by Gasteiger charge is -2.32. The number of para-hydroxylation sites is 1. The topological polar surface area (TPSA) is 64.8 Å². The zero-order chi connectivity index (χ0) is 15.1. The summed E-state index contributed by atoms with van der Waals surface area (Å²) >= 11 is 0. The van der Waals surface area contributed by atoms with Gasteiger partial charge in [0.1, 0.15) is 5.75 Å². The van der Waals surface area contributed by atoms with Gasteiger partial charge in [-0.05, 0) is 37.9 Å². The third kappa shape index (κ3) is 4.19. The average Bonchev–Trinajstić information content (AvgIpc) is 2.55. The summed E-state index contributed by atoms with van der Waals surface area (Å²) in [6, 6.07) is 7.35. The molecule has 1 aliphatic heterocycles. The molecule has 2 rings (SSSR count). The summed E-state index contributed by atoms with van der Waals surface area (Å²) in [7, 11) is 1.59. The van der Waals surface area contributed by atoms with Crippen molar-refractivity contribution in [1.82, 2.24) is 4.90 Å². The first kappa shape index (κ1) is 15.8. The predicted molar refractivity (Wildman–Crippen MR) is 81.5 cm³/mol. The van der Waals surface area contributed by atoms with E-state index in [1.54, 1.807) is 7.11 Å². The number of nitrogens with zero attached hydrogens (tertiary/aromatic N) is 1. The molecule has 21 heavy (non-hydrogen) atoms. The number of ether oxygens (including phenoxy) is 2. The van der Waals surface area contributed by atoms with Crippen molar-refractivity contribution in [3.05, 3.63) is 29.8 Å². The minimum Gasteiger partial charge on any atom is -0.496 e. The largest absolute Gasteiger partial charge is 0.496 e. The molecular weight excluding hydrogens is 268 g/mol. The van der Waals surface area contributed by atoms with Crippen molar-refractivity contribution in [3.63, 3.8) is 0 Å². The molecule has 1 amide bonds. The summed E-state index contributed by atoms with van der Waals surface area (Å²) in [5, 5.41) is 0. The van der Waals surface area contributed by atoms with E-state index in [1.165, 1.54) is 0 Å². The van der Waals surface area contributed by atoms with Crippen molar-refractivity contribution < 1.29 is 14.3 Å². The molecule has 0 saturated carbocycles. The highest BCUT2D eigenvalue weighted by Crippen LogP contribution is 2.22. The van der Waals surface area contributed by atoms with Crippen LogP contribution in [0.4, 0.5) is 0 Å². The Kier molecular flexibility index (Phi) is 6.02. The summed E-state index contributed by atoms with van der Waals surface area (Å²) in [5.74, 6) is 0.664. The average molecular weight is 292 g/mol. The summed E-state index contributed by atoms with van der Waals surface area (Å²) in [5.41, 5.74) is 6.08. The Bertz CT molecular complexity index is 457. The lowest BCUT2D eigenvalue weighted by molar-refractivity contribution is 0.00838. The third-order valence-corrected chi connectivity index (χ3v) is 3.77. The first-order valence-electron chi connectivity index (χ1n) is 7.50. The van der Waals surface area contributed by atoms with Crippen LogP contribution >= 0.6 is 0 Å². The lowest BCUT2D eigenvalue weighted by Crippen LogP contribution is -2.41. The lowest BCUT2D eigenvalue weighted by atomic mass is 10.1. The number of rotatable bonds is 6. The third-order valence-electron chi connectivity index (χ3n) is 3.77. The fraction of sp³-hybridized carbons (Fsp3) is 0.562. The van der Waals surface area contributed by atoms with Gasteiger partial charge in [0.2, 0.25) is 0 Å². The second kappa shape index (κ2) is 8.00. The molecule has 1 saturated heterocycles. The molecular formula is C16H24N2O3. The highest BCUT2D eigenvalue weighted by Gasteiger charge is 2.25. The first-order chi connectivity index (χ1) is 10.3. The van der Waals surface area contributed by atoms with Crippen LogP contribution in [0.25, 0.3) is 0 Å². The standard InChI is InChI=1S/C16H24N2O3/c1-20-15-6-3-2-5-14(15)16(19)18-10-7-13(8-11-18)21-12-4-9-17/h2-3,5-6,13H,4,7-12,17H2,1H3. The van der Waals surface area contributed by atoms with Crippen LogP contribution < -0.4 is 10.5 Å². The van der Waals surface area contributed by atoms with Gasteiger partial charge in [-0.15, -0.1) is 0 Å². The Morgan fingerprint density at radius 1 is 1.33 bits per heavy atom. The van der Waals surface area contributed by atoms with Gasteiger partial charge >= 0.3 is 0 Å². The predicted octanol–water partition coefficient (Wildman–Crippen LogP) is 1.67. The van der Waals surface area contributed by atoms with E-state index in [-0.39, 0.29) is 12.0 Å². The van der Waals surface area contributed by atoms with E-state index in [4.69, 9.17) is 15.2 Å². The zero-order valence-electron chi connectivity index (χ0n) is 12.6. The monoisotopic (exact) mass is 292 g/mol. The summed E-state index contributed by atoms with van der Waals surface area (Å²) < 4.78 is 11.0. The number of carbonyl (C=O) groups is 1. The van der Waals surface area contributed by atoms with Gasteiger partial charge in [0, 0.05) is 19.7 Å². The van der Waals surface area contributed by atoms with Gasteiger partial charge in [-0.2, -0.15) is 0 Å². The van der Waals surface area contributed by atoms with Crippen molar-refractivity contribution in [2.75, 3.05) is 33.4 Å². The van der Waals surface area contributed by atoms with Crippen LogP contribution in [0.15, 0.2) is 24.3 Å². The Balaban J connectivity index is 1.88. The SMILES string of the molecule is COc1ccccc1C(=O)N1CCC(OCCCN)CC1. The second-order valence-corrected chi connectivity index (χ2v) is 5.20. The molecule has 0 spiro atoms. The van der Waals surface area contributed by atoms with Gasteiger partial charge in [-0.25, -0.2) is 0 Å². The van der Waals surface area contributed by atoms with Crippen molar-refractivity contribution in [2.45, 2.75) is 25.4 Å². The molecule has 0 bridgehead atoms. The fourth-order valence-corrected chi connectivity index (χ4v) is 2.55. The van der Waals surface area contributed by atoms with Crippen LogP contribution in [-0.2, 0) is 4.74 Å². The number of amides is 1. The maximum absolute atomic E-state index is 12.5. The molecule has 1 heterocycles. The molecule has 0 aliphatic carbocycles. The fourth-order valence-electron chi connectivity index (χ4n) is 2.55. The van der Waals surface area contributed by atoms with E-state index in [0.717, 1.165) is 32.4 Å². The summed E-state index contributed by atoms with van der Waals surface area (Å²) in [4.78, 5) is 14.4. The molecule has 2 N–H and O–H groups in total. The number of carbonyl (C=O) groups excluding carboxylic acids is 1. The van der Waals surface area contributed by atoms with Crippen LogP contribution in [0.5, 0.6) is 5.75 Å². The van der Waals surface area contributed by atoms with Crippen LogP contribution in [0.3, 0.4) is 0 Å². The van der Waals surface area contributed by atoms with Gasteiger partial charge in [0.25, 0.3) is 5.91 Å². The number of piperidine rings is 1. The number of methoxy groups -OCH3 is 1. The molecule has 1 aromatic rings. The molecule has 0 aromatic heterocycles. The van der Waals surface area contributed by atoms with Gasteiger partial charge in [0.05, 0.1) is 18.8 Å². The molecule has 5 nitrogen and oxygen atoms in total. The van der Waals surface area contributed by atoms with Gasteiger partial charge < -0.3 is 20.1 Å². The Hall–Kier alpha value is -1.59. The van der Waals surface area contributed by atoms with Crippen LogP contribution in [0, 0.1) is 0 Å². The molecule has 5 heteroatoms. The van der Waals surface area contributed by atoms with E-state index >= 15 is 0 Å². The number of hydrogen-bond donors (Lipinski definition) is 1. The molecule has 116 valence electrons. The van der Waals surface area contributed by atoms with Crippen molar-refractivity contribution in [2.24, 2.45) is 5.73 Å². The maximum Gasteiger partial charge on any atom is 0.257 e. The van der Waals surface area contributed by atoms with Gasteiger partial charge in [0.15, 0.2) is 0 Å². The van der Waals surface area contributed by atoms with E-state index in [1.807, 2.05) is 29.2 Å². The zero-order valence-corrected chi connectivity index (χ0v) is 12.6. The van der Waals surface area contributed by atoms with Gasteiger partial charge in [-0.1, -0.05) is 12.1 Å². The molecule has 1 aliphatic rings. The number of hydrogen-bond acceptors (Lipinski definition) is 4. The highest BCUT2D eigenvalue weighted by molar-refractivity contribution is 5.97. The van der Waals surface area contributed by atoms with Crippen molar-refractivity contribution >= 4 is 5.91 Å². The minimum absolute atomic E-state index is 0.0351. The molecule has 1 fully saturated rings. The van der Waals surface area contributed by atoms with E-state index in [9.17, 15) is 4.79 Å². The normalized spacial score (nSPS) is 16.0. The van der Waals surface area contributed by atoms with Crippen molar-refractivity contribution in [3.8, 4) is 5.75 Å². The van der Waals surface area contributed by atoms with Crippen LogP contribution in [0.2, 0.25) is 0 Å². The number of benzene rings is 1. The number of nitrogens with two attached hydrogens (primary N) is 1. The molecule has 1 aromatic carbocycles. The summed E-state index contributed by atoms with van der Waals surface area (Å²) in [6.45, 7) is 2.82. The maximum atomic E-state index is 12.5. The quantitative estimate of drug-likeness (QED) is 0.810. The highest BCUT2D eigenvalue weighted by atomic mass is 16.5. The van der Waals surface area contributed by atoms with Crippen LogP contribution in [-0.4, -0.2) is 50.3 Å². The number of likely N-dealkylation sites (tertiary alicyclic amines) is 1.